The van der Waals surface area contributed by atoms with Gasteiger partial charge in [0.2, 0.25) is 0 Å². The van der Waals surface area contributed by atoms with Crippen LogP contribution in [0.25, 0.3) is 11.0 Å². The quantitative estimate of drug-likeness (QED) is 0.939. The number of nitrogens with zero attached hydrogens (tertiary/aromatic N) is 2. The molecule has 1 atom stereocenters. The molecule has 2 aromatic rings. The molecule has 5 nitrogen and oxygen atoms in total. The zero-order valence-corrected chi connectivity index (χ0v) is 12.4. The van der Waals surface area contributed by atoms with Crippen LogP contribution in [-0.4, -0.2) is 33.3 Å². The number of rotatable bonds is 4. The molecule has 1 aliphatic rings. The molecular formula is C16H20N2O3. The van der Waals surface area contributed by atoms with Gasteiger partial charge in [-0.05, 0) is 31.0 Å². The molecule has 0 spiro atoms. The van der Waals surface area contributed by atoms with Gasteiger partial charge in [0.15, 0.2) is 0 Å². The first-order valence-corrected chi connectivity index (χ1v) is 7.41. The van der Waals surface area contributed by atoms with Crippen LogP contribution in [0, 0.1) is 0 Å². The average molecular weight is 288 g/mol. The maximum atomic E-state index is 11.1. The van der Waals surface area contributed by atoms with Crippen LogP contribution in [0.2, 0.25) is 0 Å². The Morgan fingerprint density at radius 2 is 2.33 bits per heavy atom. The van der Waals surface area contributed by atoms with Crippen molar-refractivity contribution in [2.45, 2.75) is 45.3 Å². The molecule has 1 aliphatic heterocycles. The Morgan fingerprint density at radius 1 is 1.52 bits per heavy atom. The van der Waals surface area contributed by atoms with E-state index in [1.54, 1.807) is 12.1 Å². The normalized spacial score (nSPS) is 18.7. The minimum absolute atomic E-state index is 0.235. The predicted molar refractivity (Wildman–Crippen MR) is 79.8 cm³/mol. The second-order valence-corrected chi connectivity index (χ2v) is 5.88. The van der Waals surface area contributed by atoms with Gasteiger partial charge < -0.3 is 14.4 Å². The minimum atomic E-state index is -0.920. The fourth-order valence-electron chi connectivity index (χ4n) is 2.91. The molecule has 0 amide bonds. The monoisotopic (exact) mass is 288 g/mol. The number of hydrogen-bond donors (Lipinski definition) is 1. The lowest BCUT2D eigenvalue weighted by Gasteiger charge is -2.15. The van der Waals surface area contributed by atoms with Crippen molar-refractivity contribution in [2.24, 2.45) is 0 Å². The molecule has 1 aromatic heterocycles. The number of ether oxygens (including phenoxy) is 1. The van der Waals surface area contributed by atoms with Gasteiger partial charge in [0.05, 0.1) is 29.2 Å². The summed E-state index contributed by atoms with van der Waals surface area (Å²) in [5, 5.41) is 9.10. The van der Waals surface area contributed by atoms with Crippen molar-refractivity contribution in [1.82, 2.24) is 9.55 Å². The Balaban J connectivity index is 2.06. The van der Waals surface area contributed by atoms with Crippen LogP contribution in [-0.2, 0) is 11.3 Å². The van der Waals surface area contributed by atoms with Gasteiger partial charge in [-0.25, -0.2) is 9.78 Å². The molecule has 5 heteroatoms. The lowest BCUT2D eigenvalue weighted by Crippen LogP contribution is -2.17. The summed E-state index contributed by atoms with van der Waals surface area (Å²) in [7, 11) is 0. The molecule has 1 saturated heterocycles. The van der Waals surface area contributed by atoms with Crippen LogP contribution in [0.1, 0.15) is 48.8 Å². The van der Waals surface area contributed by atoms with E-state index in [1.807, 2.05) is 6.07 Å². The SMILES string of the molecule is CC(C)c1nc2cc(C(=O)O)ccc2n1CC1CCCO1. The largest absolute Gasteiger partial charge is 0.478 e. The molecular weight excluding hydrogens is 268 g/mol. The van der Waals surface area contributed by atoms with E-state index in [-0.39, 0.29) is 17.6 Å². The molecule has 0 saturated carbocycles. The van der Waals surface area contributed by atoms with Crippen LogP contribution in [0.4, 0.5) is 0 Å². The number of fused-ring (bicyclic) bond motifs is 1. The molecule has 3 rings (SSSR count). The van der Waals surface area contributed by atoms with E-state index in [1.165, 1.54) is 0 Å². The van der Waals surface area contributed by atoms with E-state index < -0.39 is 5.97 Å². The summed E-state index contributed by atoms with van der Waals surface area (Å²) >= 11 is 0. The van der Waals surface area contributed by atoms with E-state index in [0.717, 1.165) is 42.9 Å². The summed E-state index contributed by atoms with van der Waals surface area (Å²) in [6, 6.07) is 5.14. The van der Waals surface area contributed by atoms with Gasteiger partial charge in [0, 0.05) is 12.5 Å². The van der Waals surface area contributed by atoms with Gasteiger partial charge in [-0.2, -0.15) is 0 Å². The number of aromatic carboxylic acids is 1. The summed E-state index contributed by atoms with van der Waals surface area (Å²) in [5.74, 6) is 0.354. The van der Waals surface area contributed by atoms with Crippen molar-refractivity contribution in [2.75, 3.05) is 6.61 Å². The van der Waals surface area contributed by atoms with Gasteiger partial charge in [-0.1, -0.05) is 13.8 Å². The lowest BCUT2D eigenvalue weighted by atomic mass is 10.2. The zero-order chi connectivity index (χ0) is 15.0. The summed E-state index contributed by atoms with van der Waals surface area (Å²) in [5.41, 5.74) is 2.01. The number of imidazole rings is 1. The second-order valence-electron chi connectivity index (χ2n) is 5.88. The standard InChI is InChI=1S/C16H20N2O3/c1-10(2)15-17-13-8-11(16(19)20)5-6-14(13)18(15)9-12-4-3-7-21-12/h5-6,8,10,12H,3-4,7,9H2,1-2H3,(H,19,20). The molecule has 112 valence electrons. The smallest absolute Gasteiger partial charge is 0.335 e. The van der Waals surface area contributed by atoms with Gasteiger partial charge >= 0.3 is 5.97 Å². The summed E-state index contributed by atoms with van der Waals surface area (Å²) in [6.45, 7) is 5.82. The van der Waals surface area contributed by atoms with Crippen LogP contribution in [0.5, 0.6) is 0 Å². The number of hydrogen-bond acceptors (Lipinski definition) is 3. The Labute approximate surface area is 123 Å². The highest BCUT2D eigenvalue weighted by atomic mass is 16.5. The molecule has 1 unspecified atom stereocenters. The summed E-state index contributed by atoms with van der Waals surface area (Å²) in [6.07, 6.45) is 2.42. The number of carbonyl (C=O) groups is 1. The molecule has 1 aromatic carbocycles. The Bertz CT molecular complexity index is 669. The first-order chi connectivity index (χ1) is 10.1. The first kappa shape index (κ1) is 14.1. The van der Waals surface area contributed by atoms with Crippen LogP contribution in [0.3, 0.4) is 0 Å². The van der Waals surface area contributed by atoms with E-state index in [9.17, 15) is 4.79 Å². The predicted octanol–water partition coefficient (Wildman–Crippen LogP) is 3.04. The third kappa shape index (κ3) is 2.65. The Hall–Kier alpha value is -1.88. The zero-order valence-electron chi connectivity index (χ0n) is 12.4. The highest BCUT2D eigenvalue weighted by molar-refractivity contribution is 5.92. The van der Waals surface area contributed by atoms with E-state index in [0.29, 0.717) is 0 Å². The van der Waals surface area contributed by atoms with E-state index in [4.69, 9.17) is 9.84 Å². The van der Waals surface area contributed by atoms with E-state index >= 15 is 0 Å². The second kappa shape index (κ2) is 5.48. The van der Waals surface area contributed by atoms with Crippen molar-refractivity contribution in [3.05, 3.63) is 29.6 Å². The Kier molecular flexibility index (Phi) is 3.68. The first-order valence-electron chi connectivity index (χ1n) is 7.41. The Morgan fingerprint density at radius 3 is 2.95 bits per heavy atom. The number of carboxylic acids is 1. The van der Waals surface area contributed by atoms with Gasteiger partial charge in [-0.3, -0.25) is 0 Å². The van der Waals surface area contributed by atoms with Gasteiger partial charge in [0.25, 0.3) is 0 Å². The van der Waals surface area contributed by atoms with Crippen LogP contribution >= 0.6 is 0 Å². The highest BCUT2D eigenvalue weighted by Crippen LogP contribution is 2.25. The van der Waals surface area contributed by atoms with Crippen molar-refractivity contribution in [3.8, 4) is 0 Å². The van der Waals surface area contributed by atoms with Gasteiger partial charge in [-0.15, -0.1) is 0 Å². The molecule has 0 aliphatic carbocycles. The molecule has 2 heterocycles. The topological polar surface area (TPSA) is 64.3 Å². The number of carboxylic acid groups (broad SMARTS) is 1. The van der Waals surface area contributed by atoms with Crippen molar-refractivity contribution < 1.29 is 14.6 Å². The van der Waals surface area contributed by atoms with Crippen LogP contribution in [0.15, 0.2) is 18.2 Å². The summed E-state index contributed by atoms with van der Waals surface area (Å²) < 4.78 is 7.91. The lowest BCUT2D eigenvalue weighted by molar-refractivity contribution is 0.0697. The number of aromatic nitrogens is 2. The van der Waals surface area contributed by atoms with E-state index in [2.05, 4.69) is 23.4 Å². The number of benzene rings is 1. The minimum Gasteiger partial charge on any atom is -0.478 e. The fraction of sp³-hybridized carbons (Fsp3) is 0.500. The molecule has 1 N–H and O–H groups in total. The third-order valence-electron chi connectivity index (χ3n) is 3.95. The van der Waals surface area contributed by atoms with Crippen molar-refractivity contribution in [3.63, 3.8) is 0 Å². The highest BCUT2D eigenvalue weighted by Gasteiger charge is 2.21. The maximum Gasteiger partial charge on any atom is 0.335 e. The average Bonchev–Trinajstić information content (AvgIpc) is 3.06. The van der Waals surface area contributed by atoms with Crippen molar-refractivity contribution >= 4 is 17.0 Å². The maximum absolute atomic E-state index is 11.1. The van der Waals surface area contributed by atoms with Crippen LogP contribution < -0.4 is 0 Å². The van der Waals surface area contributed by atoms with Gasteiger partial charge in [0.1, 0.15) is 5.82 Å². The molecule has 21 heavy (non-hydrogen) atoms. The fourth-order valence-corrected chi connectivity index (χ4v) is 2.91. The third-order valence-corrected chi connectivity index (χ3v) is 3.95. The molecule has 1 fully saturated rings. The van der Waals surface area contributed by atoms with Crippen molar-refractivity contribution in [1.29, 1.82) is 0 Å². The molecule has 0 radical (unpaired) electrons. The summed E-state index contributed by atoms with van der Waals surface area (Å²) in [4.78, 5) is 15.7. The molecule has 0 bridgehead atoms.